The lowest BCUT2D eigenvalue weighted by atomic mass is 10.0. The van der Waals surface area contributed by atoms with Gasteiger partial charge in [-0.3, -0.25) is 4.79 Å². The van der Waals surface area contributed by atoms with Crippen molar-refractivity contribution in [2.45, 2.75) is 23.3 Å². The maximum atomic E-state index is 15.3. The van der Waals surface area contributed by atoms with Crippen molar-refractivity contribution in [3.63, 3.8) is 0 Å². The van der Waals surface area contributed by atoms with Gasteiger partial charge >= 0.3 is 0 Å². The number of rotatable bonds is 4. The van der Waals surface area contributed by atoms with Crippen molar-refractivity contribution < 1.29 is 12.8 Å². The Labute approximate surface area is 248 Å². The second-order valence-corrected chi connectivity index (χ2v) is 13.6. The number of halogens is 3. The van der Waals surface area contributed by atoms with E-state index >= 15 is 4.39 Å². The Morgan fingerprint density at radius 1 is 1.05 bits per heavy atom. The summed E-state index contributed by atoms with van der Waals surface area (Å²) in [4.78, 5) is 21.0. The molecular weight excluding hydrogens is 604 g/mol. The lowest BCUT2D eigenvalue weighted by Crippen LogP contribution is -2.26. The minimum atomic E-state index is -3.48. The van der Waals surface area contributed by atoms with Crippen LogP contribution >= 0.6 is 23.2 Å². The van der Waals surface area contributed by atoms with E-state index in [9.17, 15) is 13.2 Å². The molecule has 10 nitrogen and oxygen atoms in total. The fraction of sp³-hybridized carbons (Fsp3) is 0.214. The first-order chi connectivity index (χ1) is 20.2. The second-order valence-electron chi connectivity index (χ2n) is 10.7. The molecule has 1 saturated carbocycles. The minimum absolute atomic E-state index is 0.0315. The molecule has 5 aromatic rings. The van der Waals surface area contributed by atoms with Crippen LogP contribution in [0.2, 0.25) is 10.2 Å². The molecule has 0 radical (unpaired) electrons. The third-order valence-electron chi connectivity index (χ3n) is 8.23. The van der Waals surface area contributed by atoms with Gasteiger partial charge in [0.05, 0.1) is 34.3 Å². The fourth-order valence-electron chi connectivity index (χ4n) is 6.27. The summed E-state index contributed by atoms with van der Waals surface area (Å²) in [5, 5.41) is 11.7. The summed E-state index contributed by atoms with van der Waals surface area (Å²) in [5.41, 5.74) is 3.53. The van der Waals surface area contributed by atoms with Gasteiger partial charge in [0.15, 0.2) is 15.0 Å². The Morgan fingerprint density at radius 2 is 1.90 bits per heavy atom. The molecule has 5 heterocycles. The van der Waals surface area contributed by atoms with Crippen molar-refractivity contribution in [3.8, 4) is 28.1 Å². The van der Waals surface area contributed by atoms with E-state index in [2.05, 4.69) is 25.6 Å². The average Bonchev–Trinajstić information content (AvgIpc) is 3.27. The molecule has 3 aliphatic rings. The van der Waals surface area contributed by atoms with Crippen LogP contribution in [0, 0.1) is 11.9 Å². The lowest BCUT2D eigenvalue weighted by molar-refractivity contribution is 0.504. The molecule has 0 unspecified atom stereocenters. The number of aromatic amines is 1. The molecule has 42 heavy (non-hydrogen) atoms. The normalized spacial score (nSPS) is 21.4. The highest BCUT2D eigenvalue weighted by atomic mass is 35.5. The Balaban J connectivity index is 1.20. The van der Waals surface area contributed by atoms with Crippen LogP contribution in [0.25, 0.3) is 28.1 Å². The highest BCUT2D eigenvalue weighted by Crippen LogP contribution is 2.60. The third-order valence-corrected chi connectivity index (χ3v) is 10.4. The van der Waals surface area contributed by atoms with E-state index in [4.69, 9.17) is 23.2 Å². The predicted octanol–water partition coefficient (Wildman–Crippen LogP) is 4.84. The van der Waals surface area contributed by atoms with Crippen LogP contribution in [0.4, 0.5) is 10.1 Å². The molecule has 14 heteroatoms. The number of nitrogens with one attached hydrogen (secondary N) is 2. The molecule has 8 rings (SSSR count). The summed E-state index contributed by atoms with van der Waals surface area (Å²) in [6.45, 7) is 0.324. The molecule has 1 fully saturated rings. The number of benzene rings is 2. The van der Waals surface area contributed by atoms with Crippen molar-refractivity contribution in [2.75, 3.05) is 17.6 Å². The van der Waals surface area contributed by atoms with Gasteiger partial charge in [0.1, 0.15) is 11.5 Å². The summed E-state index contributed by atoms with van der Waals surface area (Å²) in [5.74, 6) is -0.273. The Bertz CT molecular complexity index is 2120. The van der Waals surface area contributed by atoms with Gasteiger partial charge in [0.25, 0.3) is 5.56 Å². The van der Waals surface area contributed by atoms with Crippen LogP contribution in [0.1, 0.15) is 29.9 Å². The van der Waals surface area contributed by atoms with Gasteiger partial charge in [-0.15, -0.1) is 5.10 Å². The van der Waals surface area contributed by atoms with Gasteiger partial charge in [-0.1, -0.05) is 34.5 Å². The van der Waals surface area contributed by atoms with Crippen molar-refractivity contribution in [1.82, 2.24) is 29.5 Å². The van der Waals surface area contributed by atoms with E-state index in [0.717, 1.165) is 12.1 Å². The predicted molar refractivity (Wildman–Crippen MR) is 155 cm³/mol. The zero-order chi connectivity index (χ0) is 28.9. The molecule has 1 aliphatic carbocycles. The van der Waals surface area contributed by atoms with Crippen LogP contribution in [-0.4, -0.2) is 50.2 Å². The SMILES string of the molecule is O=c1cc(-c2cc(Cl)ccc2-n2cc(Cl)nn2)cc2n1[C@H](c1nc(F)c(-c3ccc4c(c3)S(=O)(=O)CCN4)[nH]1)[C@H]1C[C@@H]21. The van der Waals surface area contributed by atoms with Gasteiger partial charge in [-0.25, -0.2) is 18.1 Å². The van der Waals surface area contributed by atoms with Gasteiger partial charge in [0.2, 0.25) is 5.95 Å². The van der Waals surface area contributed by atoms with Gasteiger partial charge in [-0.05, 0) is 54.3 Å². The Morgan fingerprint density at radius 3 is 2.71 bits per heavy atom. The summed E-state index contributed by atoms with van der Waals surface area (Å²) in [6.07, 6.45) is 2.40. The molecule has 212 valence electrons. The number of pyridine rings is 1. The quantitative estimate of drug-likeness (QED) is 0.293. The average molecular weight is 624 g/mol. The maximum absolute atomic E-state index is 15.3. The van der Waals surface area contributed by atoms with Gasteiger partial charge in [-0.2, -0.15) is 4.39 Å². The van der Waals surface area contributed by atoms with Gasteiger partial charge in [0, 0.05) is 40.4 Å². The zero-order valence-corrected chi connectivity index (χ0v) is 23.9. The van der Waals surface area contributed by atoms with E-state index in [0.29, 0.717) is 45.5 Å². The highest BCUT2D eigenvalue weighted by Gasteiger charge is 2.54. The molecule has 3 atom stereocenters. The molecule has 0 saturated heterocycles. The largest absolute Gasteiger partial charge is 0.383 e. The molecule has 2 aliphatic heterocycles. The number of H-pyrrole nitrogens is 1. The number of fused-ring (bicyclic) bond motifs is 4. The number of imidazole rings is 1. The zero-order valence-electron chi connectivity index (χ0n) is 21.6. The molecule has 3 aromatic heterocycles. The monoisotopic (exact) mass is 623 g/mol. The fourth-order valence-corrected chi connectivity index (χ4v) is 7.94. The summed E-state index contributed by atoms with van der Waals surface area (Å²) < 4.78 is 43.7. The third kappa shape index (κ3) is 3.92. The van der Waals surface area contributed by atoms with Crippen LogP contribution < -0.4 is 10.9 Å². The van der Waals surface area contributed by atoms with E-state index in [-0.39, 0.29) is 38.9 Å². The number of nitrogens with zero attached hydrogens (tertiary/aromatic N) is 5. The van der Waals surface area contributed by atoms with E-state index in [1.807, 2.05) is 6.07 Å². The number of anilines is 1. The first-order valence-electron chi connectivity index (χ1n) is 13.2. The molecule has 0 bridgehead atoms. The molecule has 2 N–H and O–H groups in total. The van der Waals surface area contributed by atoms with E-state index in [1.54, 1.807) is 41.1 Å². The molecule has 0 amide bonds. The summed E-state index contributed by atoms with van der Waals surface area (Å²) >= 11 is 12.3. The highest BCUT2D eigenvalue weighted by molar-refractivity contribution is 7.91. The standard InChI is InChI=1S/C28H20Cl2FN7O3S/c29-15-2-4-20(37-12-23(30)35-36-37)16(10-15)14-7-21-17-11-18(17)26(38(21)24(39)9-14)28-33-25(27(31)34-28)13-1-3-19-22(8-13)42(40,41)6-5-32-19/h1-4,7-10,12,17-18,26,32H,5-6,11H2,(H,33,34)/t17-,18+,26+/m1/s1. The second kappa shape index (κ2) is 9.00. The topological polar surface area (TPSA) is 128 Å². The molecule has 2 aromatic carbocycles. The molecule has 0 spiro atoms. The Hall–Kier alpha value is -4.00. The van der Waals surface area contributed by atoms with Crippen molar-refractivity contribution in [3.05, 3.63) is 92.7 Å². The summed E-state index contributed by atoms with van der Waals surface area (Å²) in [7, 11) is -3.48. The van der Waals surface area contributed by atoms with Crippen LogP contribution in [0.3, 0.4) is 0 Å². The van der Waals surface area contributed by atoms with Crippen molar-refractivity contribution in [2.24, 2.45) is 5.92 Å². The first kappa shape index (κ1) is 25.7. The number of sulfone groups is 1. The maximum Gasteiger partial charge on any atom is 0.252 e. The number of aromatic nitrogens is 6. The van der Waals surface area contributed by atoms with Crippen molar-refractivity contribution in [1.29, 1.82) is 0 Å². The van der Waals surface area contributed by atoms with Gasteiger partial charge < -0.3 is 14.9 Å². The first-order valence-corrected chi connectivity index (χ1v) is 15.6. The lowest BCUT2D eigenvalue weighted by Gasteiger charge is -2.19. The van der Waals surface area contributed by atoms with E-state index in [1.165, 1.54) is 16.8 Å². The minimum Gasteiger partial charge on any atom is -0.383 e. The number of hydrogen-bond donors (Lipinski definition) is 2. The number of hydrogen-bond acceptors (Lipinski definition) is 7. The van der Waals surface area contributed by atoms with Crippen molar-refractivity contribution >= 4 is 38.7 Å². The smallest absolute Gasteiger partial charge is 0.252 e. The Kier molecular flexibility index (Phi) is 5.50. The van der Waals surface area contributed by atoms with Crippen LogP contribution in [0.15, 0.2) is 64.4 Å². The van der Waals surface area contributed by atoms with Crippen LogP contribution in [0.5, 0.6) is 0 Å². The summed E-state index contributed by atoms with van der Waals surface area (Å²) in [6, 6.07) is 13.0. The molecular formula is C28H20Cl2FN7O3S. The van der Waals surface area contributed by atoms with Crippen LogP contribution in [-0.2, 0) is 9.84 Å². The van der Waals surface area contributed by atoms with E-state index < -0.39 is 21.8 Å².